The summed E-state index contributed by atoms with van der Waals surface area (Å²) < 4.78 is 2.39. The molecule has 0 spiro atoms. The van der Waals surface area contributed by atoms with Gasteiger partial charge < -0.3 is 5.11 Å². The average molecular weight is 329 g/mol. The molecule has 0 radical (unpaired) electrons. The predicted molar refractivity (Wildman–Crippen MR) is 65.8 cm³/mol. The molecule has 6 heteroatoms. The molecule has 0 aliphatic rings. The fourth-order valence-corrected chi connectivity index (χ4v) is 1.81. The molecule has 1 aromatic heterocycles. The summed E-state index contributed by atoms with van der Waals surface area (Å²) in [6, 6.07) is 7.72. The van der Waals surface area contributed by atoms with E-state index in [-0.39, 0.29) is 6.54 Å². The Balaban J connectivity index is 2.28. The van der Waals surface area contributed by atoms with E-state index in [9.17, 15) is 4.79 Å². The molecule has 1 heterocycles. The van der Waals surface area contributed by atoms with Crippen molar-refractivity contribution in [3.8, 4) is 11.4 Å². The maximum Gasteiger partial charge on any atom is 0.325 e. The van der Waals surface area contributed by atoms with E-state index in [1.807, 2.05) is 24.3 Å². The number of hydrogen-bond acceptors (Lipinski definition) is 3. The maximum absolute atomic E-state index is 10.5. The Morgan fingerprint density at radius 3 is 3.00 bits per heavy atom. The molecule has 0 aliphatic carbocycles. The van der Waals surface area contributed by atoms with E-state index < -0.39 is 5.97 Å². The topological polar surface area (TPSA) is 68.0 Å². The number of aromatic nitrogens is 3. The highest BCUT2D eigenvalue weighted by atomic mass is 127. The summed E-state index contributed by atoms with van der Waals surface area (Å²) >= 11 is 2.20. The molecule has 1 N–H and O–H groups in total. The minimum Gasteiger partial charge on any atom is -0.480 e. The Hall–Kier alpha value is -1.44. The number of benzene rings is 1. The monoisotopic (exact) mass is 329 g/mol. The van der Waals surface area contributed by atoms with Gasteiger partial charge in [0.05, 0.1) is 0 Å². The van der Waals surface area contributed by atoms with E-state index in [1.165, 1.54) is 11.0 Å². The Morgan fingerprint density at radius 2 is 2.31 bits per heavy atom. The third-order valence-corrected chi connectivity index (χ3v) is 2.59. The summed E-state index contributed by atoms with van der Waals surface area (Å²) in [5.74, 6) is -0.390. The molecule has 2 aromatic rings. The Kier molecular flexibility index (Phi) is 3.18. The van der Waals surface area contributed by atoms with Gasteiger partial charge in [0.15, 0.2) is 5.82 Å². The lowest BCUT2D eigenvalue weighted by molar-refractivity contribution is -0.137. The largest absolute Gasteiger partial charge is 0.480 e. The first kappa shape index (κ1) is 11.1. The Bertz CT molecular complexity index is 524. The highest BCUT2D eigenvalue weighted by Crippen LogP contribution is 2.16. The zero-order valence-corrected chi connectivity index (χ0v) is 10.3. The first-order valence-corrected chi connectivity index (χ1v) is 5.60. The second-order valence-corrected chi connectivity index (χ2v) is 4.42. The molecular formula is C10H8IN3O2. The van der Waals surface area contributed by atoms with Gasteiger partial charge in [0.25, 0.3) is 0 Å². The van der Waals surface area contributed by atoms with Gasteiger partial charge in [0, 0.05) is 9.13 Å². The van der Waals surface area contributed by atoms with Crippen LogP contribution in [0.25, 0.3) is 11.4 Å². The van der Waals surface area contributed by atoms with Crippen LogP contribution in [0.3, 0.4) is 0 Å². The van der Waals surface area contributed by atoms with Gasteiger partial charge in [-0.3, -0.25) is 4.79 Å². The van der Waals surface area contributed by atoms with Crippen molar-refractivity contribution in [2.75, 3.05) is 0 Å². The van der Waals surface area contributed by atoms with Gasteiger partial charge in [-0.25, -0.2) is 9.67 Å². The summed E-state index contributed by atoms with van der Waals surface area (Å²) in [5, 5.41) is 12.7. The molecule has 82 valence electrons. The molecule has 0 atom stereocenters. The SMILES string of the molecule is O=C(O)Cn1cnc(-c2cccc(I)c2)n1. The van der Waals surface area contributed by atoms with Gasteiger partial charge in [-0.2, -0.15) is 5.10 Å². The molecule has 0 unspecified atom stereocenters. The predicted octanol–water partition coefficient (Wildman–Crippen LogP) is 1.63. The Morgan fingerprint density at radius 1 is 1.50 bits per heavy atom. The van der Waals surface area contributed by atoms with Crippen LogP contribution in [0.5, 0.6) is 0 Å². The molecule has 0 bridgehead atoms. The highest BCUT2D eigenvalue weighted by Gasteiger charge is 2.06. The van der Waals surface area contributed by atoms with E-state index >= 15 is 0 Å². The van der Waals surface area contributed by atoms with Crippen molar-refractivity contribution in [1.82, 2.24) is 14.8 Å². The van der Waals surface area contributed by atoms with E-state index in [2.05, 4.69) is 32.7 Å². The van der Waals surface area contributed by atoms with Crippen molar-refractivity contribution in [3.63, 3.8) is 0 Å². The van der Waals surface area contributed by atoms with E-state index in [4.69, 9.17) is 5.11 Å². The molecule has 0 saturated carbocycles. The quantitative estimate of drug-likeness (QED) is 0.869. The third kappa shape index (κ3) is 2.57. The zero-order chi connectivity index (χ0) is 11.5. The summed E-state index contributed by atoms with van der Waals surface area (Å²) in [6.45, 7) is -0.170. The van der Waals surface area contributed by atoms with Crippen molar-refractivity contribution in [2.24, 2.45) is 0 Å². The third-order valence-electron chi connectivity index (χ3n) is 1.92. The van der Waals surface area contributed by atoms with Crippen molar-refractivity contribution in [2.45, 2.75) is 6.54 Å². The van der Waals surface area contributed by atoms with Gasteiger partial charge in [-0.05, 0) is 34.7 Å². The average Bonchev–Trinajstić information content (AvgIpc) is 2.65. The number of rotatable bonds is 3. The fraction of sp³-hybridized carbons (Fsp3) is 0.100. The number of nitrogens with zero attached hydrogens (tertiary/aromatic N) is 3. The molecule has 5 nitrogen and oxygen atoms in total. The molecule has 0 saturated heterocycles. The number of carbonyl (C=O) groups is 1. The first-order valence-electron chi connectivity index (χ1n) is 4.52. The molecular weight excluding hydrogens is 321 g/mol. The van der Waals surface area contributed by atoms with Crippen LogP contribution in [0.4, 0.5) is 0 Å². The van der Waals surface area contributed by atoms with Gasteiger partial charge in [-0.1, -0.05) is 12.1 Å². The number of halogens is 1. The second-order valence-electron chi connectivity index (χ2n) is 3.17. The number of carboxylic acids is 1. The minimum atomic E-state index is -0.931. The van der Waals surface area contributed by atoms with Gasteiger partial charge in [0.2, 0.25) is 0 Å². The smallest absolute Gasteiger partial charge is 0.325 e. The first-order chi connectivity index (χ1) is 7.65. The maximum atomic E-state index is 10.5. The molecule has 1 aromatic carbocycles. The lowest BCUT2D eigenvalue weighted by Crippen LogP contribution is -2.08. The number of carboxylic acid groups (broad SMARTS) is 1. The van der Waals surface area contributed by atoms with Gasteiger partial charge in [-0.15, -0.1) is 0 Å². The molecule has 0 aliphatic heterocycles. The van der Waals surface area contributed by atoms with E-state index in [1.54, 1.807) is 0 Å². The van der Waals surface area contributed by atoms with Crippen LogP contribution in [-0.2, 0) is 11.3 Å². The summed E-state index contributed by atoms with van der Waals surface area (Å²) in [6.07, 6.45) is 1.42. The fourth-order valence-electron chi connectivity index (χ4n) is 1.27. The minimum absolute atomic E-state index is 0.170. The standard InChI is InChI=1S/C10H8IN3O2/c11-8-3-1-2-7(4-8)10-12-6-14(13-10)5-9(15)16/h1-4,6H,5H2,(H,15,16). The van der Waals surface area contributed by atoms with Crippen LogP contribution in [0, 0.1) is 3.57 Å². The van der Waals surface area contributed by atoms with Crippen LogP contribution >= 0.6 is 22.6 Å². The van der Waals surface area contributed by atoms with Crippen molar-refractivity contribution in [3.05, 3.63) is 34.2 Å². The number of hydrogen-bond donors (Lipinski definition) is 1. The van der Waals surface area contributed by atoms with Crippen LogP contribution in [0.1, 0.15) is 0 Å². The molecule has 2 rings (SSSR count). The zero-order valence-electron chi connectivity index (χ0n) is 8.17. The van der Waals surface area contributed by atoms with Crippen molar-refractivity contribution >= 4 is 28.6 Å². The van der Waals surface area contributed by atoms with Crippen LogP contribution in [0.15, 0.2) is 30.6 Å². The van der Waals surface area contributed by atoms with Crippen molar-refractivity contribution < 1.29 is 9.90 Å². The highest BCUT2D eigenvalue weighted by molar-refractivity contribution is 14.1. The Labute approximate surface area is 105 Å². The van der Waals surface area contributed by atoms with Gasteiger partial charge in [0.1, 0.15) is 12.9 Å². The normalized spacial score (nSPS) is 10.3. The van der Waals surface area contributed by atoms with Crippen LogP contribution in [0.2, 0.25) is 0 Å². The summed E-state index contributed by atoms with van der Waals surface area (Å²) in [7, 11) is 0. The van der Waals surface area contributed by atoms with Crippen LogP contribution < -0.4 is 0 Å². The van der Waals surface area contributed by atoms with E-state index in [0.717, 1.165) is 9.13 Å². The summed E-state index contributed by atoms with van der Waals surface area (Å²) in [4.78, 5) is 14.5. The molecule has 0 fully saturated rings. The van der Waals surface area contributed by atoms with Crippen molar-refractivity contribution in [1.29, 1.82) is 0 Å². The number of aliphatic carboxylic acids is 1. The molecule has 16 heavy (non-hydrogen) atoms. The second kappa shape index (κ2) is 4.60. The van der Waals surface area contributed by atoms with Crippen LogP contribution in [-0.4, -0.2) is 25.8 Å². The van der Waals surface area contributed by atoms with E-state index in [0.29, 0.717) is 5.82 Å². The van der Waals surface area contributed by atoms with Gasteiger partial charge >= 0.3 is 5.97 Å². The summed E-state index contributed by atoms with van der Waals surface area (Å²) in [5.41, 5.74) is 0.885. The lowest BCUT2D eigenvalue weighted by atomic mass is 10.2. The molecule has 0 amide bonds. The lowest BCUT2D eigenvalue weighted by Gasteiger charge is -1.96.